The van der Waals surface area contributed by atoms with E-state index in [-0.39, 0.29) is 0 Å². The minimum absolute atomic E-state index is 0.292. The maximum Gasteiger partial charge on any atom is 0.336 e. The number of aromatic nitrogens is 2. The van der Waals surface area contributed by atoms with Crippen molar-refractivity contribution in [2.24, 2.45) is 0 Å². The van der Waals surface area contributed by atoms with Crippen LogP contribution >= 0.6 is 0 Å². The lowest BCUT2D eigenvalue weighted by molar-refractivity contribution is 0.0698. The van der Waals surface area contributed by atoms with E-state index in [4.69, 9.17) is 4.98 Å². The zero-order chi connectivity index (χ0) is 17.9. The highest BCUT2D eigenvalue weighted by molar-refractivity contribution is 6.05. The minimum Gasteiger partial charge on any atom is -0.478 e. The predicted molar refractivity (Wildman–Crippen MR) is 101 cm³/mol. The Hall–Kier alpha value is -3.53. The van der Waals surface area contributed by atoms with Gasteiger partial charge in [-0.3, -0.25) is 4.98 Å². The average Bonchev–Trinajstić information content (AvgIpc) is 2.68. The van der Waals surface area contributed by atoms with Crippen molar-refractivity contribution < 1.29 is 9.90 Å². The van der Waals surface area contributed by atoms with Gasteiger partial charge in [-0.15, -0.1) is 0 Å². The van der Waals surface area contributed by atoms with E-state index in [9.17, 15) is 9.90 Å². The molecule has 4 aromatic rings. The third kappa shape index (κ3) is 2.93. The number of pyridine rings is 2. The Morgan fingerprint density at radius 3 is 2.35 bits per heavy atom. The van der Waals surface area contributed by atoms with Crippen molar-refractivity contribution >= 4 is 16.9 Å². The average molecular weight is 340 g/mol. The molecular formula is C22H16N2O2. The van der Waals surface area contributed by atoms with Crippen LogP contribution in [0, 0.1) is 0 Å². The molecule has 4 rings (SSSR count). The van der Waals surface area contributed by atoms with Gasteiger partial charge < -0.3 is 5.11 Å². The van der Waals surface area contributed by atoms with Crippen LogP contribution < -0.4 is 0 Å². The number of rotatable bonds is 4. The zero-order valence-electron chi connectivity index (χ0n) is 14.0. The molecule has 2 heterocycles. The summed E-state index contributed by atoms with van der Waals surface area (Å²) in [6, 6.07) is 22.7. The Kier molecular flexibility index (Phi) is 4.15. The highest BCUT2D eigenvalue weighted by Crippen LogP contribution is 2.31. The monoisotopic (exact) mass is 340 g/mol. The van der Waals surface area contributed by atoms with Crippen LogP contribution in [0.5, 0.6) is 0 Å². The molecule has 26 heavy (non-hydrogen) atoms. The van der Waals surface area contributed by atoms with E-state index >= 15 is 0 Å². The minimum atomic E-state index is -0.952. The van der Waals surface area contributed by atoms with Crippen molar-refractivity contribution in [2.75, 3.05) is 0 Å². The second-order valence-electron chi connectivity index (χ2n) is 6.00. The molecule has 0 amide bonds. The lowest BCUT2D eigenvalue weighted by Crippen LogP contribution is -2.09. The normalized spacial score (nSPS) is 10.8. The summed E-state index contributed by atoms with van der Waals surface area (Å²) >= 11 is 0. The number of carboxylic acid groups (broad SMARTS) is 1. The molecule has 4 heteroatoms. The van der Waals surface area contributed by atoms with Crippen LogP contribution in [0.3, 0.4) is 0 Å². The lowest BCUT2D eigenvalue weighted by Gasteiger charge is -2.15. The van der Waals surface area contributed by atoms with Crippen molar-refractivity contribution in [3.63, 3.8) is 0 Å². The second kappa shape index (κ2) is 6.76. The summed E-state index contributed by atoms with van der Waals surface area (Å²) in [5.41, 5.74) is 4.04. The number of nitrogens with zero attached hydrogens (tertiary/aromatic N) is 2. The lowest BCUT2D eigenvalue weighted by atomic mass is 9.93. The van der Waals surface area contributed by atoms with Crippen molar-refractivity contribution in [1.82, 2.24) is 9.97 Å². The van der Waals surface area contributed by atoms with Gasteiger partial charge in [-0.2, -0.15) is 0 Å². The molecule has 0 saturated heterocycles. The first-order valence-corrected chi connectivity index (χ1v) is 8.34. The van der Waals surface area contributed by atoms with Crippen LogP contribution in [-0.2, 0) is 6.42 Å². The Morgan fingerprint density at radius 1 is 0.885 bits per heavy atom. The molecule has 0 aliphatic heterocycles. The van der Waals surface area contributed by atoms with Crippen LogP contribution in [0.2, 0.25) is 0 Å². The maximum absolute atomic E-state index is 12.2. The largest absolute Gasteiger partial charge is 0.478 e. The number of carbonyl (C=O) groups is 1. The standard InChI is InChI=1S/C22H16N2O2/c25-22(26)20-17-11-4-5-12-19(17)24-21(15-8-2-1-3-9-15)18(20)14-16-10-6-7-13-23-16/h1-13H,14H2,(H,25,26). The number of aromatic carboxylic acids is 1. The fraction of sp³-hybridized carbons (Fsp3) is 0.0455. The maximum atomic E-state index is 12.2. The molecule has 0 atom stereocenters. The van der Waals surface area contributed by atoms with Crippen molar-refractivity contribution in [3.05, 3.63) is 95.8 Å². The molecule has 0 bridgehead atoms. The van der Waals surface area contributed by atoms with Crippen LogP contribution in [0.4, 0.5) is 0 Å². The van der Waals surface area contributed by atoms with Crippen LogP contribution in [0.15, 0.2) is 79.0 Å². The summed E-state index contributed by atoms with van der Waals surface area (Å²) in [6.45, 7) is 0. The molecule has 0 radical (unpaired) electrons. The first-order valence-electron chi connectivity index (χ1n) is 8.34. The van der Waals surface area contributed by atoms with Crippen LogP contribution in [-0.4, -0.2) is 21.0 Å². The molecule has 0 spiro atoms. The Balaban J connectivity index is 2.04. The molecule has 0 fully saturated rings. The quantitative estimate of drug-likeness (QED) is 0.590. The third-order valence-electron chi connectivity index (χ3n) is 4.34. The first kappa shape index (κ1) is 16.0. The molecule has 126 valence electrons. The van der Waals surface area contributed by atoms with E-state index in [0.29, 0.717) is 34.1 Å². The van der Waals surface area contributed by atoms with E-state index in [1.165, 1.54) is 0 Å². The van der Waals surface area contributed by atoms with E-state index in [0.717, 1.165) is 11.3 Å². The predicted octanol–water partition coefficient (Wildman–Crippen LogP) is 4.59. The molecule has 2 aromatic carbocycles. The highest BCUT2D eigenvalue weighted by atomic mass is 16.4. The number of fused-ring (bicyclic) bond motifs is 1. The fourth-order valence-corrected chi connectivity index (χ4v) is 3.19. The summed E-state index contributed by atoms with van der Waals surface area (Å²) in [5.74, 6) is -0.952. The van der Waals surface area contributed by atoms with Gasteiger partial charge in [-0.1, -0.05) is 54.6 Å². The number of hydrogen-bond donors (Lipinski definition) is 1. The Labute approximate surface area is 150 Å². The van der Waals surface area contributed by atoms with Gasteiger partial charge >= 0.3 is 5.97 Å². The SMILES string of the molecule is O=C(O)c1c(Cc2ccccn2)c(-c2ccccc2)nc2ccccc12. The Bertz CT molecular complexity index is 1080. The van der Waals surface area contributed by atoms with Gasteiger partial charge in [0.2, 0.25) is 0 Å². The topological polar surface area (TPSA) is 63.1 Å². The van der Waals surface area contributed by atoms with E-state index < -0.39 is 5.97 Å². The first-order chi connectivity index (χ1) is 12.7. The highest BCUT2D eigenvalue weighted by Gasteiger charge is 2.21. The molecule has 0 aliphatic rings. The summed E-state index contributed by atoms with van der Waals surface area (Å²) in [4.78, 5) is 21.3. The van der Waals surface area contributed by atoms with Gasteiger partial charge in [0.05, 0.1) is 16.8 Å². The van der Waals surface area contributed by atoms with Gasteiger partial charge in [0.1, 0.15) is 0 Å². The summed E-state index contributed by atoms with van der Waals surface area (Å²) in [7, 11) is 0. The fourth-order valence-electron chi connectivity index (χ4n) is 3.19. The molecule has 0 saturated carbocycles. The van der Waals surface area contributed by atoms with Crippen molar-refractivity contribution in [1.29, 1.82) is 0 Å². The number of hydrogen-bond acceptors (Lipinski definition) is 3. The smallest absolute Gasteiger partial charge is 0.336 e. The summed E-state index contributed by atoms with van der Waals surface area (Å²) in [6.07, 6.45) is 2.12. The molecule has 0 aliphatic carbocycles. The third-order valence-corrected chi connectivity index (χ3v) is 4.34. The second-order valence-corrected chi connectivity index (χ2v) is 6.00. The van der Waals surface area contributed by atoms with Crippen molar-refractivity contribution in [2.45, 2.75) is 6.42 Å². The number of benzene rings is 2. The van der Waals surface area contributed by atoms with Gasteiger partial charge in [0.15, 0.2) is 0 Å². The van der Waals surface area contributed by atoms with Gasteiger partial charge in [-0.25, -0.2) is 9.78 Å². The summed E-state index contributed by atoms with van der Waals surface area (Å²) in [5, 5.41) is 10.6. The molecular weight excluding hydrogens is 324 g/mol. The van der Waals surface area contributed by atoms with Crippen LogP contribution in [0.1, 0.15) is 21.6 Å². The molecule has 2 aromatic heterocycles. The zero-order valence-corrected chi connectivity index (χ0v) is 14.0. The van der Waals surface area contributed by atoms with E-state index in [1.807, 2.05) is 72.8 Å². The van der Waals surface area contributed by atoms with Crippen LogP contribution in [0.25, 0.3) is 22.2 Å². The van der Waals surface area contributed by atoms with Crippen molar-refractivity contribution in [3.8, 4) is 11.3 Å². The number of carboxylic acids is 1. The van der Waals surface area contributed by atoms with E-state index in [1.54, 1.807) is 6.20 Å². The Morgan fingerprint density at radius 2 is 1.62 bits per heavy atom. The molecule has 4 nitrogen and oxygen atoms in total. The number of para-hydroxylation sites is 1. The van der Waals surface area contributed by atoms with E-state index in [2.05, 4.69) is 4.98 Å². The molecule has 0 unspecified atom stereocenters. The van der Waals surface area contributed by atoms with Gasteiger partial charge in [-0.05, 0) is 23.8 Å². The molecule has 1 N–H and O–H groups in total. The van der Waals surface area contributed by atoms with Gasteiger partial charge in [0.25, 0.3) is 0 Å². The summed E-state index contributed by atoms with van der Waals surface area (Å²) < 4.78 is 0. The van der Waals surface area contributed by atoms with Gasteiger partial charge in [0, 0.05) is 29.3 Å².